The summed E-state index contributed by atoms with van der Waals surface area (Å²) in [7, 11) is 0. The average Bonchev–Trinajstić information content (AvgIpc) is 2.82. The normalized spacial score (nSPS) is 16.2. The van der Waals surface area contributed by atoms with E-state index in [1.54, 1.807) is 17.9 Å². The van der Waals surface area contributed by atoms with Gasteiger partial charge in [0.05, 0.1) is 0 Å². The van der Waals surface area contributed by atoms with Crippen LogP contribution >= 0.6 is 0 Å². The molecule has 2 heteroatoms. The van der Waals surface area contributed by atoms with Crippen LogP contribution in [0.25, 0.3) is 10.8 Å². The summed E-state index contributed by atoms with van der Waals surface area (Å²) in [6.07, 6.45) is 2.97. The topological polar surface area (TPSA) is 0 Å². The predicted octanol–water partition coefficient (Wildman–Crippen LogP) is 0.339. The van der Waals surface area contributed by atoms with E-state index in [-0.39, 0.29) is 17.0 Å². The van der Waals surface area contributed by atoms with E-state index >= 15 is 0 Å². The van der Waals surface area contributed by atoms with Gasteiger partial charge in [0, 0.05) is 0 Å². The Morgan fingerprint density at radius 1 is 0.812 bits per heavy atom. The molecule has 2 aromatic carbocycles. The Bertz CT molecular complexity index is 470. The van der Waals surface area contributed by atoms with Gasteiger partial charge in [-0.15, -0.1) is 0 Å². The Hall–Kier alpha value is -0.0304. The van der Waals surface area contributed by atoms with Gasteiger partial charge < -0.3 is 17.0 Å². The Balaban J connectivity index is 0.000000963. The summed E-state index contributed by atoms with van der Waals surface area (Å²) in [5, 5.41) is 2.97. The van der Waals surface area contributed by atoms with Crippen molar-refractivity contribution in [1.82, 2.24) is 0 Å². The Morgan fingerprint density at radius 3 is 2.31 bits per heavy atom. The molecular weight excluding hydrogens is 376 g/mol. The Labute approximate surface area is 114 Å². The van der Waals surface area contributed by atoms with Crippen molar-refractivity contribution >= 4 is 33.9 Å². The molecule has 16 heavy (non-hydrogen) atoms. The van der Waals surface area contributed by atoms with Gasteiger partial charge in [0.15, 0.2) is 0 Å². The third-order valence-electron chi connectivity index (χ3n) is 3.09. The van der Waals surface area contributed by atoms with Crippen molar-refractivity contribution < 1.29 is 17.0 Å². The molecular formula is C14H15BrTe. The SMILES string of the molecule is [Br-].c1ccc2c([Te+]3CCCC3)cccc2c1. The summed E-state index contributed by atoms with van der Waals surface area (Å²) < 4.78 is 4.85. The van der Waals surface area contributed by atoms with E-state index < -0.39 is 19.6 Å². The van der Waals surface area contributed by atoms with Crippen LogP contribution < -0.4 is 20.6 Å². The first kappa shape index (κ1) is 12.4. The molecule has 0 bridgehead atoms. The van der Waals surface area contributed by atoms with Gasteiger partial charge in [-0.25, -0.2) is 0 Å². The summed E-state index contributed by atoms with van der Waals surface area (Å²) in [6, 6.07) is 15.8. The van der Waals surface area contributed by atoms with E-state index in [4.69, 9.17) is 0 Å². The van der Waals surface area contributed by atoms with Crippen LogP contribution in [-0.4, -0.2) is 19.6 Å². The molecule has 1 fully saturated rings. The number of halogens is 1. The van der Waals surface area contributed by atoms with Gasteiger partial charge in [-0.05, 0) is 0 Å². The summed E-state index contributed by atoms with van der Waals surface area (Å²) in [5.74, 6) is 0. The molecule has 0 spiro atoms. The van der Waals surface area contributed by atoms with Crippen molar-refractivity contribution in [2.75, 3.05) is 0 Å². The van der Waals surface area contributed by atoms with Crippen LogP contribution in [-0.2, 0) is 0 Å². The molecule has 1 saturated heterocycles. The van der Waals surface area contributed by atoms with Crippen LogP contribution in [0, 0.1) is 0 Å². The molecule has 2 aromatic rings. The second-order valence-electron chi connectivity index (χ2n) is 4.09. The Morgan fingerprint density at radius 2 is 1.50 bits per heavy atom. The molecule has 0 aromatic heterocycles. The summed E-state index contributed by atoms with van der Waals surface area (Å²) in [5.41, 5.74) is 0. The zero-order valence-corrected chi connectivity index (χ0v) is 13.1. The van der Waals surface area contributed by atoms with Crippen molar-refractivity contribution in [3.05, 3.63) is 42.5 Å². The molecule has 0 aliphatic carbocycles. The van der Waals surface area contributed by atoms with Crippen LogP contribution in [0.3, 0.4) is 0 Å². The Kier molecular flexibility index (Phi) is 4.30. The third-order valence-corrected chi connectivity index (χ3v) is 10.3. The fraction of sp³-hybridized carbons (Fsp3) is 0.286. The number of benzene rings is 2. The monoisotopic (exact) mass is 392 g/mol. The fourth-order valence-electron chi connectivity index (χ4n) is 2.32. The van der Waals surface area contributed by atoms with Crippen molar-refractivity contribution in [3.8, 4) is 0 Å². The molecule has 0 atom stereocenters. The molecule has 0 amide bonds. The van der Waals surface area contributed by atoms with E-state index in [0.717, 1.165) is 0 Å². The summed E-state index contributed by atoms with van der Waals surface area (Å²) in [6.45, 7) is 0. The first-order chi connectivity index (χ1) is 7.45. The second-order valence-corrected chi connectivity index (χ2v) is 10.5. The van der Waals surface area contributed by atoms with Gasteiger partial charge >= 0.3 is 98.2 Å². The second kappa shape index (κ2) is 5.54. The van der Waals surface area contributed by atoms with Crippen LogP contribution in [0.5, 0.6) is 0 Å². The van der Waals surface area contributed by atoms with E-state index in [1.807, 2.05) is 0 Å². The van der Waals surface area contributed by atoms with E-state index in [9.17, 15) is 0 Å². The van der Waals surface area contributed by atoms with E-state index in [2.05, 4.69) is 42.5 Å². The van der Waals surface area contributed by atoms with E-state index in [0.29, 0.717) is 0 Å². The number of rotatable bonds is 1. The fourth-order valence-corrected chi connectivity index (χ4v) is 9.51. The van der Waals surface area contributed by atoms with Crippen LogP contribution in [0.15, 0.2) is 42.5 Å². The minimum absolute atomic E-state index is 0. The molecule has 1 heterocycles. The molecule has 84 valence electrons. The molecule has 3 rings (SSSR count). The predicted molar refractivity (Wildman–Crippen MR) is 68.2 cm³/mol. The number of hydrogen-bond donors (Lipinski definition) is 0. The molecule has 0 nitrogen and oxygen atoms in total. The standard InChI is InChI=1S/C14H15Te.BrH/c1-2-8-13-12(6-1)7-5-9-14(13)15-10-3-4-11-15;/h1-2,5-9H,3-4,10-11H2;1H/q+1;/p-1. The van der Waals surface area contributed by atoms with Gasteiger partial charge in [-0.1, -0.05) is 0 Å². The van der Waals surface area contributed by atoms with Crippen molar-refractivity contribution in [2.24, 2.45) is 0 Å². The summed E-state index contributed by atoms with van der Waals surface area (Å²) >= 11 is -0.904. The number of hydrogen-bond acceptors (Lipinski definition) is 0. The molecule has 1 aliphatic rings. The first-order valence-corrected chi connectivity index (χ1v) is 10.1. The average molecular weight is 391 g/mol. The van der Waals surface area contributed by atoms with Crippen molar-refractivity contribution in [2.45, 2.75) is 21.8 Å². The molecule has 0 unspecified atom stereocenters. The molecule has 0 radical (unpaired) electrons. The minimum atomic E-state index is -0.904. The maximum atomic E-state index is 2.39. The molecule has 0 N–H and O–H groups in total. The van der Waals surface area contributed by atoms with Gasteiger partial charge in [0.25, 0.3) is 0 Å². The third kappa shape index (κ3) is 2.30. The molecule has 1 aliphatic heterocycles. The van der Waals surface area contributed by atoms with Gasteiger partial charge in [0.1, 0.15) is 0 Å². The van der Waals surface area contributed by atoms with Crippen LogP contribution in [0.4, 0.5) is 0 Å². The maximum absolute atomic E-state index is 2.39. The van der Waals surface area contributed by atoms with Crippen molar-refractivity contribution in [3.63, 3.8) is 0 Å². The zero-order valence-electron chi connectivity index (χ0n) is 9.16. The van der Waals surface area contributed by atoms with Gasteiger partial charge in [0.2, 0.25) is 0 Å². The summed E-state index contributed by atoms with van der Waals surface area (Å²) in [4.78, 5) is 0. The quantitative estimate of drug-likeness (QED) is 0.616. The molecule has 0 saturated carbocycles. The van der Waals surface area contributed by atoms with Crippen LogP contribution in [0.2, 0.25) is 8.94 Å². The van der Waals surface area contributed by atoms with Gasteiger partial charge in [-0.3, -0.25) is 0 Å². The van der Waals surface area contributed by atoms with Crippen molar-refractivity contribution in [1.29, 1.82) is 0 Å². The first-order valence-electron chi connectivity index (χ1n) is 5.60. The van der Waals surface area contributed by atoms with Gasteiger partial charge in [-0.2, -0.15) is 0 Å². The van der Waals surface area contributed by atoms with Crippen LogP contribution in [0.1, 0.15) is 12.8 Å². The zero-order chi connectivity index (χ0) is 10.1. The van der Waals surface area contributed by atoms with E-state index in [1.165, 1.54) is 18.2 Å². The number of fused-ring (bicyclic) bond motifs is 1.